The van der Waals surface area contributed by atoms with Gasteiger partial charge in [0.1, 0.15) is 0 Å². The maximum absolute atomic E-state index is 6.39. The first kappa shape index (κ1) is 44.8. The highest BCUT2D eigenvalue weighted by Crippen LogP contribution is 2.14. The van der Waals surface area contributed by atoms with E-state index in [9.17, 15) is 0 Å². The summed E-state index contributed by atoms with van der Waals surface area (Å²) in [7, 11) is 0. The van der Waals surface area contributed by atoms with Crippen LogP contribution in [0.3, 0.4) is 0 Å². The molecule has 1 unspecified atom stereocenters. The van der Waals surface area contributed by atoms with Gasteiger partial charge in [0.25, 0.3) is 0 Å². The summed E-state index contributed by atoms with van der Waals surface area (Å²) in [5.41, 5.74) is 0. The quantitative estimate of drug-likeness (QED) is 0.0654. The Hall–Kier alpha value is -0.160. The zero-order chi connectivity index (χ0) is 32.6. The summed E-state index contributed by atoms with van der Waals surface area (Å²) >= 11 is 0. The molecule has 45 heavy (non-hydrogen) atoms. The highest BCUT2D eigenvalue weighted by atomic mass is 16.5. The van der Waals surface area contributed by atoms with E-state index in [1.165, 1.54) is 193 Å². The molecule has 0 radical (unpaired) electrons. The molecule has 4 nitrogen and oxygen atoms in total. The van der Waals surface area contributed by atoms with E-state index >= 15 is 0 Å². The van der Waals surface area contributed by atoms with Crippen molar-refractivity contribution in [2.45, 2.75) is 219 Å². The molecule has 0 aromatic heterocycles. The molecule has 0 rings (SSSR count). The standard InChI is InChI=1S/C41H86N2O2/c1-4-7-9-11-13-15-17-19-21-23-25-32-38-44-40-41(34-28-31-37-43-36-30-27-29-35-42-6-3)45-39-33-26-24-22-20-18-16-14-12-10-8-5-2/h41-43H,4-40H2,1-3H3. The van der Waals surface area contributed by atoms with Crippen LogP contribution in [0.5, 0.6) is 0 Å². The number of hydrogen-bond donors (Lipinski definition) is 2. The van der Waals surface area contributed by atoms with E-state index in [-0.39, 0.29) is 6.10 Å². The van der Waals surface area contributed by atoms with Crippen molar-refractivity contribution in [3.05, 3.63) is 0 Å². The van der Waals surface area contributed by atoms with E-state index in [4.69, 9.17) is 9.47 Å². The fourth-order valence-corrected chi connectivity index (χ4v) is 6.27. The third kappa shape index (κ3) is 39.9. The van der Waals surface area contributed by atoms with E-state index in [0.717, 1.165) is 45.9 Å². The van der Waals surface area contributed by atoms with Crippen LogP contribution in [0.25, 0.3) is 0 Å². The van der Waals surface area contributed by atoms with Gasteiger partial charge >= 0.3 is 0 Å². The molecule has 2 N–H and O–H groups in total. The molecule has 1 atom stereocenters. The molecule has 0 aromatic rings. The van der Waals surface area contributed by atoms with Crippen molar-refractivity contribution in [2.24, 2.45) is 0 Å². The molecular weight excluding hydrogens is 552 g/mol. The lowest BCUT2D eigenvalue weighted by molar-refractivity contribution is -0.0234. The molecule has 0 bridgehead atoms. The average Bonchev–Trinajstić information content (AvgIpc) is 3.05. The summed E-state index contributed by atoms with van der Waals surface area (Å²) in [5, 5.41) is 7.07. The Labute approximate surface area is 285 Å². The molecule has 0 aliphatic heterocycles. The van der Waals surface area contributed by atoms with Crippen molar-refractivity contribution in [2.75, 3.05) is 46.0 Å². The minimum atomic E-state index is 0.279. The lowest BCUT2D eigenvalue weighted by Crippen LogP contribution is -2.22. The summed E-state index contributed by atoms with van der Waals surface area (Å²) in [6, 6.07) is 0. The van der Waals surface area contributed by atoms with Gasteiger partial charge in [0.15, 0.2) is 0 Å². The number of ether oxygens (including phenoxy) is 2. The van der Waals surface area contributed by atoms with Gasteiger partial charge in [-0.3, -0.25) is 0 Å². The first-order chi connectivity index (χ1) is 22.3. The summed E-state index contributed by atoms with van der Waals surface area (Å²) in [5.74, 6) is 0. The van der Waals surface area contributed by atoms with Crippen LogP contribution in [0.1, 0.15) is 213 Å². The fourth-order valence-electron chi connectivity index (χ4n) is 6.27. The predicted octanol–water partition coefficient (Wildman–Crippen LogP) is 12.3. The first-order valence-electron chi connectivity index (χ1n) is 21.0. The predicted molar refractivity (Wildman–Crippen MR) is 202 cm³/mol. The van der Waals surface area contributed by atoms with Crippen LogP contribution < -0.4 is 10.6 Å². The van der Waals surface area contributed by atoms with Crippen LogP contribution in [0.2, 0.25) is 0 Å². The van der Waals surface area contributed by atoms with Crippen molar-refractivity contribution < 1.29 is 9.47 Å². The Bertz CT molecular complexity index is 504. The number of nitrogens with one attached hydrogen (secondary N) is 2. The van der Waals surface area contributed by atoms with Crippen LogP contribution in [0.4, 0.5) is 0 Å². The Morgan fingerprint density at radius 3 is 1.22 bits per heavy atom. The molecule has 0 heterocycles. The van der Waals surface area contributed by atoms with Gasteiger partial charge < -0.3 is 20.1 Å². The monoisotopic (exact) mass is 639 g/mol. The summed E-state index contributed by atoms with van der Waals surface area (Å²) in [4.78, 5) is 0. The highest BCUT2D eigenvalue weighted by molar-refractivity contribution is 4.60. The Balaban J connectivity index is 3.90. The number of rotatable bonds is 41. The van der Waals surface area contributed by atoms with Crippen molar-refractivity contribution in [3.8, 4) is 0 Å². The zero-order valence-corrected chi connectivity index (χ0v) is 31.6. The molecule has 0 aliphatic rings. The fraction of sp³-hybridized carbons (Fsp3) is 1.00. The van der Waals surface area contributed by atoms with Gasteiger partial charge in [0.05, 0.1) is 12.7 Å². The third-order valence-corrected chi connectivity index (χ3v) is 9.38. The normalized spacial score (nSPS) is 12.3. The SMILES string of the molecule is CCCCCCCCCCCCCCOCC(CCCCNCCCCCNCC)OCCCCCCCCCCCCCC. The van der Waals surface area contributed by atoms with Crippen LogP contribution in [-0.4, -0.2) is 52.1 Å². The summed E-state index contributed by atoms with van der Waals surface area (Å²) < 4.78 is 12.5. The van der Waals surface area contributed by atoms with Gasteiger partial charge in [-0.15, -0.1) is 0 Å². The second kappa shape index (κ2) is 41.9. The highest BCUT2D eigenvalue weighted by Gasteiger charge is 2.10. The van der Waals surface area contributed by atoms with E-state index in [1.54, 1.807) is 0 Å². The topological polar surface area (TPSA) is 42.5 Å². The van der Waals surface area contributed by atoms with Crippen molar-refractivity contribution >= 4 is 0 Å². The Morgan fingerprint density at radius 1 is 0.378 bits per heavy atom. The van der Waals surface area contributed by atoms with Gasteiger partial charge in [0, 0.05) is 13.2 Å². The number of hydrogen-bond acceptors (Lipinski definition) is 4. The molecule has 272 valence electrons. The average molecular weight is 639 g/mol. The van der Waals surface area contributed by atoms with E-state index in [0.29, 0.717) is 0 Å². The molecule has 0 fully saturated rings. The van der Waals surface area contributed by atoms with Crippen LogP contribution >= 0.6 is 0 Å². The molecule has 0 saturated carbocycles. The largest absolute Gasteiger partial charge is 0.379 e. The smallest absolute Gasteiger partial charge is 0.0808 e. The van der Waals surface area contributed by atoms with Gasteiger partial charge in [-0.1, -0.05) is 168 Å². The zero-order valence-electron chi connectivity index (χ0n) is 31.6. The molecular formula is C41H86N2O2. The van der Waals surface area contributed by atoms with Gasteiger partial charge in [-0.25, -0.2) is 0 Å². The first-order valence-corrected chi connectivity index (χ1v) is 21.0. The molecule has 0 amide bonds. The lowest BCUT2D eigenvalue weighted by Gasteiger charge is -2.18. The maximum Gasteiger partial charge on any atom is 0.0808 e. The van der Waals surface area contributed by atoms with E-state index in [2.05, 4.69) is 31.4 Å². The maximum atomic E-state index is 6.39. The molecule has 0 spiro atoms. The van der Waals surface area contributed by atoms with Crippen molar-refractivity contribution in [3.63, 3.8) is 0 Å². The summed E-state index contributed by atoms with van der Waals surface area (Å²) in [6.45, 7) is 13.9. The molecule has 4 heteroatoms. The van der Waals surface area contributed by atoms with Gasteiger partial charge in [-0.2, -0.15) is 0 Å². The molecule has 0 aliphatic carbocycles. The number of unbranched alkanes of at least 4 members (excludes halogenated alkanes) is 25. The lowest BCUT2D eigenvalue weighted by atomic mass is 10.1. The van der Waals surface area contributed by atoms with Crippen LogP contribution in [0, 0.1) is 0 Å². The summed E-state index contributed by atoms with van der Waals surface area (Å²) in [6.07, 6.45) is 41.3. The van der Waals surface area contributed by atoms with Gasteiger partial charge in [0.2, 0.25) is 0 Å². The molecule has 0 aromatic carbocycles. The molecule has 0 saturated heterocycles. The second-order valence-electron chi connectivity index (χ2n) is 14.0. The second-order valence-corrected chi connectivity index (χ2v) is 14.0. The minimum Gasteiger partial charge on any atom is -0.379 e. The van der Waals surface area contributed by atoms with E-state index in [1.807, 2.05) is 0 Å². The Kier molecular flexibility index (Phi) is 41.7. The van der Waals surface area contributed by atoms with Crippen LogP contribution in [-0.2, 0) is 9.47 Å². The van der Waals surface area contributed by atoms with Crippen molar-refractivity contribution in [1.29, 1.82) is 0 Å². The Morgan fingerprint density at radius 2 is 0.756 bits per heavy atom. The van der Waals surface area contributed by atoms with Gasteiger partial charge in [-0.05, 0) is 71.1 Å². The van der Waals surface area contributed by atoms with E-state index < -0.39 is 0 Å². The third-order valence-electron chi connectivity index (χ3n) is 9.38. The van der Waals surface area contributed by atoms with Crippen molar-refractivity contribution in [1.82, 2.24) is 10.6 Å². The van der Waals surface area contributed by atoms with Crippen LogP contribution in [0.15, 0.2) is 0 Å². The minimum absolute atomic E-state index is 0.279.